The van der Waals surface area contributed by atoms with Crippen molar-refractivity contribution in [1.29, 1.82) is 0 Å². The van der Waals surface area contributed by atoms with Crippen molar-refractivity contribution >= 4 is 21.4 Å². The number of anilines is 2. The van der Waals surface area contributed by atoms with Gasteiger partial charge in [-0.25, -0.2) is 12.8 Å². The minimum absolute atomic E-state index is 0.268. The fourth-order valence-electron chi connectivity index (χ4n) is 3.43. The van der Waals surface area contributed by atoms with Crippen molar-refractivity contribution in [3.63, 3.8) is 0 Å². The second-order valence-corrected chi connectivity index (χ2v) is 8.30. The molecule has 132 valence electrons. The zero-order chi connectivity index (χ0) is 17.4. The van der Waals surface area contributed by atoms with E-state index in [1.807, 2.05) is 6.07 Å². The molecule has 0 unspecified atom stereocenters. The van der Waals surface area contributed by atoms with Crippen LogP contribution in [-0.2, 0) is 16.4 Å². The van der Waals surface area contributed by atoms with E-state index in [1.165, 1.54) is 16.4 Å². The van der Waals surface area contributed by atoms with Crippen molar-refractivity contribution in [2.45, 2.75) is 11.3 Å². The third-order valence-corrected chi connectivity index (χ3v) is 6.75. The van der Waals surface area contributed by atoms with Gasteiger partial charge in [0.15, 0.2) is 0 Å². The zero-order valence-corrected chi connectivity index (χ0v) is 14.6. The van der Waals surface area contributed by atoms with Gasteiger partial charge in [0.2, 0.25) is 10.0 Å². The topological polar surface area (TPSA) is 52.7 Å². The summed E-state index contributed by atoms with van der Waals surface area (Å²) in [7, 11) is -3.48. The molecule has 0 aliphatic carbocycles. The normalized spacial score (nSPS) is 18.0. The Morgan fingerprint density at radius 2 is 1.68 bits per heavy atom. The Labute approximate surface area is 147 Å². The smallest absolute Gasteiger partial charge is 0.243 e. The van der Waals surface area contributed by atoms with Crippen LogP contribution < -0.4 is 10.2 Å². The van der Waals surface area contributed by atoms with Gasteiger partial charge in [-0.1, -0.05) is 0 Å². The average Bonchev–Trinajstić information content (AvgIpc) is 3.10. The lowest BCUT2D eigenvalue weighted by Gasteiger charge is -2.35. The number of hydrogen-bond donors (Lipinski definition) is 1. The molecule has 1 saturated heterocycles. The van der Waals surface area contributed by atoms with E-state index in [4.69, 9.17) is 0 Å². The number of halogens is 1. The summed E-state index contributed by atoms with van der Waals surface area (Å²) < 4.78 is 40.4. The van der Waals surface area contributed by atoms with Crippen LogP contribution in [0.5, 0.6) is 0 Å². The van der Waals surface area contributed by atoms with Crippen molar-refractivity contribution in [3.05, 3.63) is 53.8 Å². The molecule has 0 saturated carbocycles. The molecule has 2 aliphatic heterocycles. The van der Waals surface area contributed by atoms with Gasteiger partial charge in [0.25, 0.3) is 0 Å². The number of sulfonamides is 1. The number of benzene rings is 2. The molecule has 0 atom stereocenters. The van der Waals surface area contributed by atoms with Gasteiger partial charge in [-0.2, -0.15) is 4.31 Å². The first kappa shape index (κ1) is 16.4. The van der Waals surface area contributed by atoms with Crippen molar-refractivity contribution in [3.8, 4) is 0 Å². The number of piperazine rings is 1. The van der Waals surface area contributed by atoms with E-state index in [0.717, 1.165) is 29.9 Å². The maximum Gasteiger partial charge on any atom is 0.243 e. The Morgan fingerprint density at radius 3 is 2.40 bits per heavy atom. The van der Waals surface area contributed by atoms with Crippen LogP contribution in [0.4, 0.5) is 15.8 Å². The predicted molar refractivity (Wildman–Crippen MR) is 96.0 cm³/mol. The van der Waals surface area contributed by atoms with E-state index in [9.17, 15) is 12.8 Å². The fraction of sp³-hybridized carbons (Fsp3) is 0.333. The maximum atomic E-state index is 13.0. The van der Waals surface area contributed by atoms with Crippen molar-refractivity contribution in [2.75, 3.05) is 42.9 Å². The number of rotatable bonds is 3. The lowest BCUT2D eigenvalue weighted by molar-refractivity contribution is 0.385. The van der Waals surface area contributed by atoms with Gasteiger partial charge in [0.05, 0.1) is 4.90 Å². The molecule has 4 rings (SSSR count). The summed E-state index contributed by atoms with van der Waals surface area (Å²) in [6.45, 7) is 2.90. The van der Waals surface area contributed by atoms with Gasteiger partial charge in [0, 0.05) is 44.1 Å². The zero-order valence-electron chi connectivity index (χ0n) is 13.8. The third kappa shape index (κ3) is 3.09. The summed E-state index contributed by atoms with van der Waals surface area (Å²) in [5, 5.41) is 3.24. The van der Waals surface area contributed by atoms with Crippen LogP contribution >= 0.6 is 0 Å². The second kappa shape index (κ2) is 6.31. The lowest BCUT2D eigenvalue weighted by Crippen LogP contribution is -2.48. The average molecular weight is 361 g/mol. The molecule has 2 aromatic rings. The fourth-order valence-corrected chi connectivity index (χ4v) is 4.90. The molecule has 0 aromatic heterocycles. The minimum Gasteiger partial charge on any atom is -0.384 e. The third-order valence-electron chi connectivity index (χ3n) is 4.85. The monoisotopic (exact) mass is 361 g/mol. The Morgan fingerprint density at radius 1 is 0.960 bits per heavy atom. The van der Waals surface area contributed by atoms with Crippen molar-refractivity contribution in [2.24, 2.45) is 0 Å². The van der Waals surface area contributed by atoms with Gasteiger partial charge in [-0.3, -0.25) is 0 Å². The molecule has 0 spiro atoms. The van der Waals surface area contributed by atoms with Crippen LogP contribution in [0.15, 0.2) is 47.4 Å². The molecular weight excluding hydrogens is 341 g/mol. The molecule has 5 nitrogen and oxygen atoms in total. The van der Waals surface area contributed by atoms with Gasteiger partial charge in [-0.05, 0) is 54.4 Å². The number of fused-ring (bicyclic) bond motifs is 1. The first-order valence-corrected chi connectivity index (χ1v) is 9.85. The first-order chi connectivity index (χ1) is 12.0. The van der Waals surface area contributed by atoms with Gasteiger partial charge >= 0.3 is 0 Å². The standard InChI is InChI=1S/C18H20FN3O2S/c19-15-1-3-16(4-2-15)21-9-11-22(12-10-21)25(23,24)17-5-6-18-14(13-17)7-8-20-18/h1-6,13,20H,7-12H2. The van der Waals surface area contributed by atoms with Crippen LogP contribution in [0.1, 0.15) is 5.56 Å². The molecule has 1 fully saturated rings. The molecule has 1 N–H and O–H groups in total. The van der Waals surface area contributed by atoms with Crippen LogP contribution in [0.3, 0.4) is 0 Å². The highest BCUT2D eigenvalue weighted by Crippen LogP contribution is 2.27. The number of nitrogens with zero attached hydrogens (tertiary/aromatic N) is 2. The van der Waals surface area contributed by atoms with Gasteiger partial charge < -0.3 is 10.2 Å². The summed E-state index contributed by atoms with van der Waals surface area (Å²) in [5.74, 6) is -0.268. The number of nitrogens with one attached hydrogen (secondary N) is 1. The van der Waals surface area contributed by atoms with E-state index < -0.39 is 10.0 Å². The minimum atomic E-state index is -3.48. The predicted octanol–water partition coefficient (Wildman–Crippen LogP) is 2.30. The van der Waals surface area contributed by atoms with Crippen LogP contribution in [-0.4, -0.2) is 45.4 Å². The van der Waals surface area contributed by atoms with E-state index in [1.54, 1.807) is 24.3 Å². The largest absolute Gasteiger partial charge is 0.384 e. The molecule has 0 bridgehead atoms. The summed E-state index contributed by atoms with van der Waals surface area (Å²) in [6.07, 6.45) is 0.858. The number of hydrogen-bond acceptors (Lipinski definition) is 4. The highest BCUT2D eigenvalue weighted by Gasteiger charge is 2.29. The molecule has 2 heterocycles. The highest BCUT2D eigenvalue weighted by molar-refractivity contribution is 7.89. The molecule has 2 aliphatic rings. The highest BCUT2D eigenvalue weighted by atomic mass is 32.2. The summed E-state index contributed by atoms with van der Waals surface area (Å²) in [5.41, 5.74) is 3.01. The SMILES string of the molecule is O=S(=O)(c1ccc2c(c1)CCN2)N1CCN(c2ccc(F)cc2)CC1. The second-order valence-electron chi connectivity index (χ2n) is 6.36. The van der Waals surface area contributed by atoms with E-state index in [0.29, 0.717) is 31.1 Å². The van der Waals surface area contributed by atoms with Crippen molar-refractivity contribution in [1.82, 2.24) is 4.31 Å². The summed E-state index contributed by atoms with van der Waals surface area (Å²) >= 11 is 0. The van der Waals surface area contributed by atoms with E-state index in [-0.39, 0.29) is 5.82 Å². The summed E-state index contributed by atoms with van der Waals surface area (Å²) in [6, 6.07) is 11.6. The van der Waals surface area contributed by atoms with Crippen LogP contribution in [0.25, 0.3) is 0 Å². The van der Waals surface area contributed by atoms with Crippen LogP contribution in [0.2, 0.25) is 0 Å². The quantitative estimate of drug-likeness (QED) is 0.912. The molecule has 0 radical (unpaired) electrons. The lowest BCUT2D eigenvalue weighted by atomic mass is 10.2. The van der Waals surface area contributed by atoms with Gasteiger partial charge in [0.1, 0.15) is 5.82 Å². The Kier molecular flexibility index (Phi) is 4.13. The molecule has 25 heavy (non-hydrogen) atoms. The molecular formula is C18H20FN3O2S. The molecule has 2 aromatic carbocycles. The first-order valence-electron chi connectivity index (χ1n) is 8.41. The van der Waals surface area contributed by atoms with Crippen molar-refractivity contribution < 1.29 is 12.8 Å². The van der Waals surface area contributed by atoms with E-state index in [2.05, 4.69) is 10.2 Å². The Balaban J connectivity index is 1.48. The van der Waals surface area contributed by atoms with Crippen LogP contribution in [0, 0.1) is 5.82 Å². The maximum absolute atomic E-state index is 13.0. The molecule has 0 amide bonds. The Hall–Kier alpha value is -2.12. The Bertz CT molecular complexity index is 876. The van der Waals surface area contributed by atoms with Gasteiger partial charge in [-0.15, -0.1) is 0 Å². The molecule has 7 heteroatoms. The van der Waals surface area contributed by atoms with E-state index >= 15 is 0 Å². The summed E-state index contributed by atoms with van der Waals surface area (Å²) in [4.78, 5) is 2.45.